The minimum absolute atomic E-state index is 0.0809. The number of hydrogen-bond donors (Lipinski definition) is 1. The predicted molar refractivity (Wildman–Crippen MR) is 132 cm³/mol. The van der Waals surface area contributed by atoms with E-state index in [9.17, 15) is 14.7 Å². The van der Waals surface area contributed by atoms with Gasteiger partial charge < -0.3 is 14.7 Å². The number of aryl methyl sites for hydroxylation is 2. The standard InChI is InChI=1S/C27H28N2O4S/c1-4-16-33-21-13-9-8-12-20(21)23-22(24(30)26-17(2)28-18(3)34-26)25(31)27(32)29(23)15-14-19-10-6-5-7-11-19/h5-13,23,31H,4,14-16H2,1-3H3. The lowest BCUT2D eigenvalue weighted by molar-refractivity contribution is -0.129. The second kappa shape index (κ2) is 10.2. The van der Waals surface area contributed by atoms with Gasteiger partial charge in [-0.25, -0.2) is 4.98 Å². The Labute approximate surface area is 203 Å². The summed E-state index contributed by atoms with van der Waals surface area (Å²) in [6, 6.07) is 16.5. The van der Waals surface area contributed by atoms with Crippen LogP contribution in [0.15, 0.2) is 65.9 Å². The van der Waals surface area contributed by atoms with Gasteiger partial charge in [0.1, 0.15) is 5.75 Å². The number of aliphatic hydroxyl groups is 1. The Bertz CT molecular complexity index is 1230. The van der Waals surface area contributed by atoms with E-state index in [-0.39, 0.29) is 11.4 Å². The normalized spacial score (nSPS) is 15.8. The van der Waals surface area contributed by atoms with Crippen LogP contribution in [0.2, 0.25) is 0 Å². The molecule has 0 bridgehead atoms. The van der Waals surface area contributed by atoms with E-state index in [1.807, 2.05) is 68.4 Å². The monoisotopic (exact) mass is 476 g/mol. The molecule has 6 nitrogen and oxygen atoms in total. The number of aromatic nitrogens is 1. The molecule has 2 heterocycles. The van der Waals surface area contributed by atoms with E-state index in [4.69, 9.17) is 4.74 Å². The molecule has 3 aromatic rings. The molecule has 0 saturated heterocycles. The summed E-state index contributed by atoms with van der Waals surface area (Å²) >= 11 is 1.27. The molecule has 4 rings (SSSR count). The first-order valence-electron chi connectivity index (χ1n) is 11.4. The zero-order chi connectivity index (χ0) is 24.2. The van der Waals surface area contributed by atoms with Crippen LogP contribution in [0, 0.1) is 13.8 Å². The van der Waals surface area contributed by atoms with Gasteiger partial charge in [-0.15, -0.1) is 11.3 Å². The predicted octanol–water partition coefficient (Wildman–Crippen LogP) is 5.37. The van der Waals surface area contributed by atoms with Crippen molar-refractivity contribution in [3.05, 3.63) is 92.6 Å². The molecule has 1 unspecified atom stereocenters. The summed E-state index contributed by atoms with van der Waals surface area (Å²) in [5.74, 6) is -0.817. The number of nitrogens with zero attached hydrogens (tertiary/aromatic N) is 2. The zero-order valence-corrected chi connectivity index (χ0v) is 20.4. The van der Waals surface area contributed by atoms with Crippen LogP contribution in [-0.4, -0.2) is 39.8 Å². The largest absolute Gasteiger partial charge is 0.503 e. The SMILES string of the molecule is CCCOc1ccccc1C1C(C(=O)c2sc(C)nc2C)=C(O)C(=O)N1CCc1ccccc1. The third-order valence-corrected chi connectivity index (χ3v) is 6.89. The number of amides is 1. The smallest absolute Gasteiger partial charge is 0.290 e. The number of aliphatic hydroxyl groups excluding tert-OH is 1. The minimum Gasteiger partial charge on any atom is -0.503 e. The number of benzene rings is 2. The number of para-hydroxylation sites is 1. The molecule has 1 aliphatic rings. The topological polar surface area (TPSA) is 79.7 Å². The molecule has 7 heteroatoms. The van der Waals surface area contributed by atoms with Crippen molar-refractivity contribution < 1.29 is 19.4 Å². The first kappa shape index (κ1) is 23.7. The molecule has 0 saturated carbocycles. The van der Waals surface area contributed by atoms with Crippen LogP contribution in [0.1, 0.15) is 50.9 Å². The number of ketones is 1. The summed E-state index contributed by atoms with van der Waals surface area (Å²) in [5.41, 5.74) is 2.43. The van der Waals surface area contributed by atoms with Crippen LogP contribution in [0.3, 0.4) is 0 Å². The van der Waals surface area contributed by atoms with Gasteiger partial charge in [0.15, 0.2) is 5.76 Å². The third-order valence-electron chi connectivity index (χ3n) is 5.82. The molecule has 2 aromatic carbocycles. The maximum Gasteiger partial charge on any atom is 0.290 e. The van der Waals surface area contributed by atoms with Gasteiger partial charge in [-0.3, -0.25) is 9.59 Å². The number of carbonyl (C=O) groups excluding carboxylic acids is 2. The Morgan fingerprint density at radius 1 is 1.12 bits per heavy atom. The van der Waals surface area contributed by atoms with E-state index >= 15 is 0 Å². The Morgan fingerprint density at radius 2 is 1.82 bits per heavy atom. The van der Waals surface area contributed by atoms with Gasteiger partial charge in [0.05, 0.1) is 33.8 Å². The first-order valence-corrected chi connectivity index (χ1v) is 12.2. The average molecular weight is 477 g/mol. The highest BCUT2D eigenvalue weighted by Gasteiger charge is 2.45. The number of rotatable bonds is 9. The van der Waals surface area contributed by atoms with E-state index in [2.05, 4.69) is 4.98 Å². The van der Waals surface area contributed by atoms with Crippen molar-refractivity contribution in [2.24, 2.45) is 0 Å². The molecule has 176 valence electrons. The van der Waals surface area contributed by atoms with Gasteiger partial charge in [-0.2, -0.15) is 0 Å². The van der Waals surface area contributed by atoms with Crippen LogP contribution in [0.25, 0.3) is 0 Å². The van der Waals surface area contributed by atoms with Gasteiger partial charge in [0.25, 0.3) is 5.91 Å². The fraction of sp³-hybridized carbons (Fsp3) is 0.296. The number of hydrogen-bond acceptors (Lipinski definition) is 6. The number of carbonyl (C=O) groups is 2. The van der Waals surface area contributed by atoms with E-state index in [0.29, 0.717) is 41.5 Å². The third kappa shape index (κ3) is 4.61. The van der Waals surface area contributed by atoms with Crippen LogP contribution in [-0.2, 0) is 11.2 Å². The van der Waals surface area contributed by atoms with Crippen molar-refractivity contribution in [2.45, 2.75) is 39.7 Å². The molecule has 1 amide bonds. The number of ether oxygens (including phenoxy) is 1. The van der Waals surface area contributed by atoms with Crippen molar-refractivity contribution in [3.8, 4) is 5.75 Å². The van der Waals surface area contributed by atoms with Crippen LogP contribution in [0.4, 0.5) is 0 Å². The Morgan fingerprint density at radius 3 is 2.50 bits per heavy atom. The van der Waals surface area contributed by atoms with Gasteiger partial charge in [0.2, 0.25) is 5.78 Å². The van der Waals surface area contributed by atoms with E-state index in [1.165, 1.54) is 11.3 Å². The average Bonchev–Trinajstić information content (AvgIpc) is 3.31. The van der Waals surface area contributed by atoms with Crippen LogP contribution in [0.5, 0.6) is 5.75 Å². The quantitative estimate of drug-likeness (QED) is 0.420. The molecule has 0 spiro atoms. The fourth-order valence-electron chi connectivity index (χ4n) is 4.25. The van der Waals surface area contributed by atoms with Crippen molar-refractivity contribution in [2.75, 3.05) is 13.2 Å². The molecule has 0 fully saturated rings. The van der Waals surface area contributed by atoms with Crippen molar-refractivity contribution in [1.82, 2.24) is 9.88 Å². The summed E-state index contributed by atoms with van der Waals surface area (Å²) < 4.78 is 5.98. The second-order valence-electron chi connectivity index (χ2n) is 8.26. The van der Waals surface area contributed by atoms with Gasteiger partial charge in [-0.1, -0.05) is 55.5 Å². The molecular formula is C27H28N2O4S. The molecule has 1 atom stereocenters. The summed E-state index contributed by atoms with van der Waals surface area (Å²) in [4.78, 5) is 33.4. The highest BCUT2D eigenvalue weighted by molar-refractivity contribution is 7.14. The first-order chi connectivity index (χ1) is 16.4. The maximum atomic E-state index is 13.7. The Hall–Kier alpha value is -3.45. The number of Topliss-reactive ketones (excluding diaryl/α,β-unsaturated/α-hetero) is 1. The minimum atomic E-state index is -0.751. The van der Waals surface area contributed by atoms with Crippen molar-refractivity contribution >= 4 is 23.0 Å². The lowest BCUT2D eigenvalue weighted by Gasteiger charge is -2.28. The molecule has 1 aromatic heterocycles. The Kier molecular flexibility index (Phi) is 7.12. The van der Waals surface area contributed by atoms with E-state index < -0.39 is 17.7 Å². The van der Waals surface area contributed by atoms with Gasteiger partial charge in [-0.05, 0) is 38.3 Å². The number of thiazole rings is 1. The van der Waals surface area contributed by atoms with Crippen LogP contribution >= 0.6 is 11.3 Å². The summed E-state index contributed by atoms with van der Waals surface area (Å²) in [6.07, 6.45) is 1.41. The molecule has 34 heavy (non-hydrogen) atoms. The molecule has 1 aliphatic heterocycles. The van der Waals surface area contributed by atoms with Crippen LogP contribution < -0.4 is 4.74 Å². The second-order valence-corrected chi connectivity index (χ2v) is 9.46. The zero-order valence-electron chi connectivity index (χ0n) is 19.6. The van der Waals surface area contributed by atoms with Crippen molar-refractivity contribution in [1.29, 1.82) is 0 Å². The molecule has 0 radical (unpaired) electrons. The fourth-order valence-corrected chi connectivity index (χ4v) is 5.12. The van der Waals surface area contributed by atoms with Gasteiger partial charge >= 0.3 is 0 Å². The van der Waals surface area contributed by atoms with E-state index in [0.717, 1.165) is 17.0 Å². The van der Waals surface area contributed by atoms with Gasteiger partial charge in [0, 0.05) is 12.1 Å². The molecule has 1 N–H and O–H groups in total. The van der Waals surface area contributed by atoms with E-state index in [1.54, 1.807) is 11.8 Å². The summed E-state index contributed by atoms with van der Waals surface area (Å²) in [7, 11) is 0. The molecular weight excluding hydrogens is 448 g/mol. The lowest BCUT2D eigenvalue weighted by Crippen LogP contribution is -2.33. The Balaban J connectivity index is 1.78. The highest BCUT2D eigenvalue weighted by atomic mass is 32.1. The maximum absolute atomic E-state index is 13.7. The lowest BCUT2D eigenvalue weighted by atomic mass is 9.94. The highest BCUT2D eigenvalue weighted by Crippen LogP contribution is 2.43. The molecule has 0 aliphatic carbocycles. The van der Waals surface area contributed by atoms with Crippen molar-refractivity contribution in [3.63, 3.8) is 0 Å². The summed E-state index contributed by atoms with van der Waals surface area (Å²) in [6.45, 7) is 6.47. The summed E-state index contributed by atoms with van der Waals surface area (Å²) in [5, 5.41) is 11.7.